The number of amides is 1. The highest BCUT2D eigenvalue weighted by Crippen LogP contribution is 2.25. The average Bonchev–Trinajstić information content (AvgIpc) is 2.54. The monoisotopic (exact) mass is 370 g/mol. The number of carboxylic acid groups (broad SMARTS) is 1. The predicted octanol–water partition coefficient (Wildman–Crippen LogP) is 1.37. The van der Waals surface area contributed by atoms with Crippen LogP contribution in [0.15, 0.2) is 23.1 Å². The van der Waals surface area contributed by atoms with Gasteiger partial charge in [0, 0.05) is 30.0 Å². The van der Waals surface area contributed by atoms with Crippen molar-refractivity contribution in [2.24, 2.45) is 5.92 Å². The third kappa shape index (κ3) is 4.75. The Hall–Kier alpha value is -2.49. The third-order valence-electron chi connectivity index (χ3n) is 4.20. The Labute approximate surface area is 144 Å². The van der Waals surface area contributed by atoms with Crippen molar-refractivity contribution in [2.45, 2.75) is 36.6 Å². The fraction of sp³-hybridized carbons (Fsp3) is 0.467. The van der Waals surface area contributed by atoms with Gasteiger partial charge in [-0.15, -0.1) is 0 Å². The second-order valence-corrected chi connectivity index (χ2v) is 8.12. The van der Waals surface area contributed by atoms with E-state index in [0.717, 1.165) is 24.5 Å². The minimum Gasteiger partial charge on any atom is -0.481 e. The van der Waals surface area contributed by atoms with Gasteiger partial charge < -0.3 is 10.4 Å². The number of rotatable bonds is 5. The first-order valence-electron chi connectivity index (χ1n) is 7.61. The summed E-state index contributed by atoms with van der Waals surface area (Å²) < 4.78 is 23.3. The maximum atomic E-state index is 12.3. The van der Waals surface area contributed by atoms with Crippen LogP contribution < -0.4 is 5.32 Å². The smallest absolute Gasteiger partial charge is 0.306 e. The van der Waals surface area contributed by atoms with E-state index in [4.69, 9.17) is 5.11 Å². The predicted molar refractivity (Wildman–Crippen MR) is 87.1 cm³/mol. The van der Waals surface area contributed by atoms with E-state index in [2.05, 4.69) is 5.32 Å². The molecule has 0 aromatic heterocycles. The number of hydrogen-bond acceptors (Lipinski definition) is 6. The molecule has 136 valence electrons. The maximum absolute atomic E-state index is 12.3. The Morgan fingerprint density at radius 1 is 1.20 bits per heavy atom. The van der Waals surface area contributed by atoms with Gasteiger partial charge in [-0.05, 0) is 31.7 Å². The van der Waals surface area contributed by atoms with Crippen LogP contribution in [0.25, 0.3) is 0 Å². The van der Waals surface area contributed by atoms with Crippen LogP contribution in [0.5, 0.6) is 0 Å². The van der Waals surface area contributed by atoms with Gasteiger partial charge in [-0.2, -0.15) is 0 Å². The lowest BCUT2D eigenvalue weighted by Gasteiger charge is -2.26. The molecule has 0 spiro atoms. The molecule has 2 rings (SSSR count). The lowest BCUT2D eigenvalue weighted by Crippen LogP contribution is -2.38. The minimum absolute atomic E-state index is 0.116. The van der Waals surface area contributed by atoms with Gasteiger partial charge in [0.05, 0.1) is 15.7 Å². The Morgan fingerprint density at radius 3 is 2.28 bits per heavy atom. The molecule has 1 aliphatic rings. The molecule has 0 unspecified atom stereocenters. The molecule has 0 saturated heterocycles. The maximum Gasteiger partial charge on any atom is 0.306 e. The van der Waals surface area contributed by atoms with E-state index in [1.807, 2.05) is 0 Å². The standard InChI is InChI=1S/C15H18N2O7S/c1-25(23,24)13-7-10(6-12(8-13)17(21)22)14(18)16-11-4-2-9(3-5-11)15(19)20/h6-9,11H,2-5H2,1H3,(H,16,18)(H,19,20). The highest BCUT2D eigenvalue weighted by molar-refractivity contribution is 7.90. The van der Waals surface area contributed by atoms with Crippen LogP contribution in [-0.4, -0.2) is 42.6 Å². The molecule has 25 heavy (non-hydrogen) atoms. The lowest BCUT2D eigenvalue weighted by molar-refractivity contribution is -0.385. The Kier molecular flexibility index (Phi) is 5.41. The lowest BCUT2D eigenvalue weighted by atomic mass is 9.86. The number of nitro benzene ring substituents is 1. The van der Waals surface area contributed by atoms with Crippen molar-refractivity contribution in [1.29, 1.82) is 0 Å². The molecule has 1 fully saturated rings. The summed E-state index contributed by atoms with van der Waals surface area (Å²) >= 11 is 0. The van der Waals surface area contributed by atoms with Crippen LogP contribution in [0.3, 0.4) is 0 Å². The molecular weight excluding hydrogens is 352 g/mol. The fourth-order valence-electron chi connectivity index (χ4n) is 2.79. The molecule has 0 aliphatic heterocycles. The van der Waals surface area contributed by atoms with E-state index in [9.17, 15) is 28.1 Å². The highest BCUT2D eigenvalue weighted by atomic mass is 32.2. The second kappa shape index (κ2) is 7.18. The Bertz CT molecular complexity index is 811. The second-order valence-electron chi connectivity index (χ2n) is 6.11. The summed E-state index contributed by atoms with van der Waals surface area (Å²) in [6.07, 6.45) is 2.74. The number of nitrogens with one attached hydrogen (secondary N) is 1. The van der Waals surface area contributed by atoms with Gasteiger partial charge in [0.1, 0.15) is 0 Å². The number of sulfone groups is 1. The number of aliphatic carboxylic acids is 1. The van der Waals surface area contributed by atoms with Crippen LogP contribution >= 0.6 is 0 Å². The minimum atomic E-state index is -3.71. The van der Waals surface area contributed by atoms with Crippen molar-refractivity contribution in [3.05, 3.63) is 33.9 Å². The van der Waals surface area contributed by atoms with E-state index >= 15 is 0 Å². The van der Waals surface area contributed by atoms with Crippen molar-refractivity contribution < 1.29 is 28.0 Å². The number of nitro groups is 1. The number of carbonyl (C=O) groups is 2. The molecule has 1 aliphatic carbocycles. The van der Waals surface area contributed by atoms with Gasteiger partial charge in [0.15, 0.2) is 9.84 Å². The molecule has 9 nitrogen and oxygen atoms in total. The normalized spacial score (nSPS) is 20.7. The largest absolute Gasteiger partial charge is 0.481 e. The summed E-state index contributed by atoms with van der Waals surface area (Å²) in [5.74, 6) is -1.91. The zero-order valence-corrected chi connectivity index (χ0v) is 14.3. The zero-order chi connectivity index (χ0) is 18.8. The van der Waals surface area contributed by atoms with Gasteiger partial charge in [0.25, 0.3) is 11.6 Å². The summed E-state index contributed by atoms with van der Waals surface area (Å²) in [5.41, 5.74) is -0.599. The average molecular weight is 370 g/mol. The summed E-state index contributed by atoms with van der Waals surface area (Å²) in [4.78, 5) is 33.2. The van der Waals surface area contributed by atoms with Gasteiger partial charge in [0.2, 0.25) is 0 Å². The summed E-state index contributed by atoms with van der Waals surface area (Å²) in [5, 5.41) is 22.6. The number of non-ortho nitro benzene ring substituents is 1. The van der Waals surface area contributed by atoms with E-state index in [1.165, 1.54) is 0 Å². The topological polar surface area (TPSA) is 144 Å². The van der Waals surface area contributed by atoms with Crippen LogP contribution in [0, 0.1) is 16.0 Å². The quantitative estimate of drug-likeness (QED) is 0.588. The molecule has 1 aromatic carbocycles. The number of carboxylic acids is 1. The van der Waals surface area contributed by atoms with Crippen molar-refractivity contribution in [2.75, 3.05) is 6.26 Å². The summed E-state index contributed by atoms with van der Waals surface area (Å²) in [6, 6.07) is 2.78. The first-order chi connectivity index (χ1) is 11.6. The van der Waals surface area contributed by atoms with E-state index in [0.29, 0.717) is 25.7 Å². The summed E-state index contributed by atoms with van der Waals surface area (Å²) in [7, 11) is -3.71. The number of carbonyl (C=O) groups excluding carboxylic acids is 1. The van der Waals surface area contributed by atoms with Gasteiger partial charge >= 0.3 is 5.97 Å². The number of benzene rings is 1. The van der Waals surface area contributed by atoms with Crippen LogP contribution in [-0.2, 0) is 14.6 Å². The number of nitrogens with zero attached hydrogens (tertiary/aromatic N) is 1. The third-order valence-corrected chi connectivity index (χ3v) is 5.30. The van der Waals surface area contributed by atoms with Gasteiger partial charge in [-0.25, -0.2) is 8.42 Å². The SMILES string of the molecule is CS(=O)(=O)c1cc(C(=O)NC2CCC(C(=O)O)CC2)cc([N+](=O)[O-])c1. The van der Waals surface area contributed by atoms with E-state index in [1.54, 1.807) is 0 Å². The summed E-state index contributed by atoms with van der Waals surface area (Å²) in [6.45, 7) is 0. The van der Waals surface area contributed by atoms with Crippen LogP contribution in [0.1, 0.15) is 36.0 Å². The van der Waals surface area contributed by atoms with E-state index < -0.39 is 38.2 Å². The molecule has 0 heterocycles. The van der Waals surface area contributed by atoms with Crippen molar-refractivity contribution >= 4 is 27.4 Å². The van der Waals surface area contributed by atoms with Crippen molar-refractivity contribution in [3.8, 4) is 0 Å². The van der Waals surface area contributed by atoms with Gasteiger partial charge in [-0.3, -0.25) is 19.7 Å². The van der Waals surface area contributed by atoms with E-state index in [-0.39, 0.29) is 16.5 Å². The first kappa shape index (κ1) is 18.8. The van der Waals surface area contributed by atoms with Crippen molar-refractivity contribution in [3.63, 3.8) is 0 Å². The molecule has 1 aromatic rings. The Balaban J connectivity index is 2.18. The Morgan fingerprint density at radius 2 is 1.80 bits per heavy atom. The van der Waals surface area contributed by atoms with Crippen LogP contribution in [0.2, 0.25) is 0 Å². The van der Waals surface area contributed by atoms with Crippen molar-refractivity contribution in [1.82, 2.24) is 5.32 Å². The fourth-order valence-corrected chi connectivity index (χ4v) is 3.46. The number of hydrogen-bond donors (Lipinski definition) is 2. The first-order valence-corrected chi connectivity index (χ1v) is 9.50. The molecule has 0 bridgehead atoms. The molecule has 1 amide bonds. The molecule has 0 radical (unpaired) electrons. The van der Waals surface area contributed by atoms with Crippen LogP contribution in [0.4, 0.5) is 5.69 Å². The highest BCUT2D eigenvalue weighted by Gasteiger charge is 2.27. The zero-order valence-electron chi connectivity index (χ0n) is 13.5. The van der Waals surface area contributed by atoms with Gasteiger partial charge in [-0.1, -0.05) is 0 Å². The molecule has 1 saturated carbocycles. The molecular formula is C15H18N2O7S. The molecule has 0 atom stereocenters. The molecule has 2 N–H and O–H groups in total. The molecule has 10 heteroatoms.